The van der Waals surface area contributed by atoms with Crippen molar-refractivity contribution in [3.05, 3.63) is 53.9 Å². The summed E-state index contributed by atoms with van der Waals surface area (Å²) in [6.45, 7) is 5.71. The van der Waals surface area contributed by atoms with Gasteiger partial charge in [0, 0.05) is 18.0 Å². The number of imide groups is 1. The second kappa shape index (κ2) is 8.22. The van der Waals surface area contributed by atoms with Gasteiger partial charge in [0.1, 0.15) is 0 Å². The molecule has 0 fully saturated rings. The largest absolute Gasteiger partial charge is 0.351 e. The molecule has 2 aromatic heterocycles. The minimum absolute atomic E-state index is 0.490. The summed E-state index contributed by atoms with van der Waals surface area (Å²) in [7, 11) is 0. The van der Waals surface area contributed by atoms with Gasteiger partial charge in [0.25, 0.3) is 0 Å². The maximum Gasteiger partial charge on any atom is 0.318 e. The summed E-state index contributed by atoms with van der Waals surface area (Å²) in [5, 5.41) is 10.6. The van der Waals surface area contributed by atoms with E-state index in [0.29, 0.717) is 11.0 Å². The number of nitrogens with zero attached hydrogens (tertiary/aromatic N) is 4. The zero-order chi connectivity index (χ0) is 20.3. The number of aryl methyl sites for hydroxylation is 2. The lowest BCUT2D eigenvalue weighted by Gasteiger charge is -2.15. The van der Waals surface area contributed by atoms with Crippen LogP contribution in [0.25, 0.3) is 17.1 Å². The molecule has 0 bridgehead atoms. The first kappa shape index (κ1) is 19.6. The quantitative estimate of drug-likeness (QED) is 0.641. The van der Waals surface area contributed by atoms with E-state index in [1.807, 2.05) is 42.7 Å². The Morgan fingerprint density at radius 1 is 1.21 bits per heavy atom. The maximum atomic E-state index is 12.1. The molecule has 1 aromatic carbocycles. The summed E-state index contributed by atoms with van der Waals surface area (Å²) in [4.78, 5) is 27.2. The Hall–Kier alpha value is -3.20. The second-order valence-corrected chi connectivity index (χ2v) is 7.59. The molecule has 8 nitrogen and oxygen atoms in total. The van der Waals surface area contributed by atoms with E-state index in [0.717, 1.165) is 22.4 Å². The lowest BCUT2D eigenvalue weighted by atomic mass is 10.1. The zero-order valence-electron chi connectivity index (χ0n) is 15.7. The molecule has 144 valence electrons. The van der Waals surface area contributed by atoms with Crippen molar-refractivity contribution in [3.8, 4) is 17.1 Å². The Morgan fingerprint density at radius 3 is 2.64 bits per heavy atom. The summed E-state index contributed by atoms with van der Waals surface area (Å²) < 4.78 is 1.89. The van der Waals surface area contributed by atoms with E-state index in [9.17, 15) is 9.59 Å². The van der Waals surface area contributed by atoms with Crippen molar-refractivity contribution in [1.82, 2.24) is 25.1 Å². The lowest BCUT2D eigenvalue weighted by Crippen LogP contribution is -2.39. The third-order valence-corrected chi connectivity index (χ3v) is 5.09. The molecular formula is C19H20N6O2S. The number of primary amides is 1. The summed E-state index contributed by atoms with van der Waals surface area (Å²) in [6.07, 6.45) is 3.40. The number of pyridine rings is 1. The van der Waals surface area contributed by atoms with E-state index < -0.39 is 17.2 Å². The van der Waals surface area contributed by atoms with E-state index in [-0.39, 0.29) is 0 Å². The molecule has 2 heterocycles. The molecule has 3 aromatic rings. The van der Waals surface area contributed by atoms with Crippen molar-refractivity contribution in [2.24, 2.45) is 5.73 Å². The third-order valence-electron chi connectivity index (χ3n) is 4.04. The van der Waals surface area contributed by atoms with Gasteiger partial charge in [-0.15, -0.1) is 10.2 Å². The van der Waals surface area contributed by atoms with Gasteiger partial charge in [-0.05, 0) is 44.5 Å². The molecule has 0 unspecified atom stereocenters. The number of thioether (sulfide) groups is 1. The van der Waals surface area contributed by atoms with Crippen LogP contribution in [0.4, 0.5) is 4.79 Å². The van der Waals surface area contributed by atoms with Gasteiger partial charge in [-0.1, -0.05) is 29.5 Å². The molecule has 0 radical (unpaired) electrons. The number of nitrogens with two attached hydrogens (primary N) is 1. The number of nitrogens with one attached hydrogen (secondary N) is 1. The van der Waals surface area contributed by atoms with Crippen LogP contribution >= 0.6 is 11.8 Å². The van der Waals surface area contributed by atoms with E-state index in [1.54, 1.807) is 19.3 Å². The van der Waals surface area contributed by atoms with Gasteiger partial charge in [-0.3, -0.25) is 19.7 Å². The molecule has 0 spiro atoms. The molecule has 0 aliphatic rings. The van der Waals surface area contributed by atoms with Crippen molar-refractivity contribution < 1.29 is 9.59 Å². The zero-order valence-corrected chi connectivity index (χ0v) is 16.5. The Labute approximate surface area is 166 Å². The highest BCUT2D eigenvalue weighted by atomic mass is 32.2. The SMILES string of the molecule is Cc1ccc(-n2c(S[C@H](C)C(=O)NC(N)=O)nnc2-c2cccnc2)c(C)c1. The van der Waals surface area contributed by atoms with Crippen LogP contribution in [-0.2, 0) is 4.79 Å². The first-order chi connectivity index (χ1) is 13.4. The van der Waals surface area contributed by atoms with Gasteiger partial charge in [0.05, 0.1) is 10.9 Å². The van der Waals surface area contributed by atoms with Crippen LogP contribution in [0.5, 0.6) is 0 Å². The predicted molar refractivity (Wildman–Crippen MR) is 107 cm³/mol. The van der Waals surface area contributed by atoms with E-state index in [4.69, 9.17) is 5.73 Å². The number of carbonyl (C=O) groups excluding carboxylic acids is 2. The molecule has 0 aliphatic carbocycles. The fourth-order valence-corrected chi connectivity index (χ4v) is 3.60. The number of urea groups is 1. The van der Waals surface area contributed by atoms with Crippen LogP contribution < -0.4 is 11.1 Å². The first-order valence-corrected chi connectivity index (χ1v) is 9.45. The average molecular weight is 396 g/mol. The monoisotopic (exact) mass is 396 g/mol. The number of amides is 3. The summed E-state index contributed by atoms with van der Waals surface area (Å²) in [5.74, 6) is 0.126. The number of hydrogen-bond donors (Lipinski definition) is 2. The van der Waals surface area contributed by atoms with Crippen LogP contribution in [0.2, 0.25) is 0 Å². The van der Waals surface area contributed by atoms with Crippen LogP contribution in [0, 0.1) is 13.8 Å². The molecule has 1 atom stereocenters. The van der Waals surface area contributed by atoms with Crippen LogP contribution in [0.1, 0.15) is 18.1 Å². The number of rotatable bonds is 5. The number of benzene rings is 1. The molecule has 28 heavy (non-hydrogen) atoms. The summed E-state index contributed by atoms with van der Waals surface area (Å²) >= 11 is 1.19. The molecule has 0 aliphatic heterocycles. The van der Waals surface area contributed by atoms with Gasteiger partial charge in [-0.25, -0.2) is 4.79 Å². The highest BCUT2D eigenvalue weighted by Gasteiger charge is 2.23. The third kappa shape index (κ3) is 4.20. The van der Waals surface area contributed by atoms with Crippen molar-refractivity contribution in [1.29, 1.82) is 0 Å². The Balaban J connectivity index is 2.07. The standard InChI is InChI=1S/C19H20N6O2S/c1-11-6-7-15(12(2)9-11)25-16(14-5-4-8-21-10-14)23-24-19(25)28-13(3)17(26)22-18(20)27/h4-10,13H,1-3H3,(H3,20,22,26,27)/t13-/m1/s1. The maximum absolute atomic E-state index is 12.1. The van der Waals surface area contributed by atoms with Crippen molar-refractivity contribution in [3.63, 3.8) is 0 Å². The lowest BCUT2D eigenvalue weighted by molar-refractivity contribution is -0.119. The first-order valence-electron chi connectivity index (χ1n) is 8.57. The highest BCUT2D eigenvalue weighted by Crippen LogP contribution is 2.31. The van der Waals surface area contributed by atoms with E-state index >= 15 is 0 Å². The fraction of sp³-hybridized carbons (Fsp3) is 0.211. The molecule has 3 N–H and O–H groups in total. The van der Waals surface area contributed by atoms with E-state index in [2.05, 4.69) is 26.6 Å². The minimum atomic E-state index is -0.885. The topological polar surface area (TPSA) is 116 Å². The highest BCUT2D eigenvalue weighted by molar-refractivity contribution is 8.00. The fourth-order valence-electron chi connectivity index (χ4n) is 2.74. The smallest absolute Gasteiger partial charge is 0.318 e. The summed E-state index contributed by atoms with van der Waals surface area (Å²) in [6, 6.07) is 8.91. The number of hydrogen-bond acceptors (Lipinski definition) is 6. The van der Waals surface area contributed by atoms with Crippen LogP contribution in [-0.4, -0.2) is 36.9 Å². The predicted octanol–water partition coefficient (Wildman–Crippen LogP) is 2.62. The normalized spacial score (nSPS) is 11.8. The van der Waals surface area contributed by atoms with Gasteiger partial charge in [-0.2, -0.15) is 0 Å². The van der Waals surface area contributed by atoms with Crippen molar-refractivity contribution >= 4 is 23.7 Å². The molecular weight excluding hydrogens is 376 g/mol. The Morgan fingerprint density at radius 2 is 2.00 bits per heavy atom. The minimum Gasteiger partial charge on any atom is -0.351 e. The summed E-state index contributed by atoms with van der Waals surface area (Å²) in [5.41, 5.74) is 8.93. The second-order valence-electron chi connectivity index (χ2n) is 6.29. The Bertz CT molecular complexity index is 1020. The number of aromatic nitrogens is 4. The average Bonchev–Trinajstić information content (AvgIpc) is 3.05. The molecule has 9 heteroatoms. The van der Waals surface area contributed by atoms with Crippen molar-refractivity contribution in [2.45, 2.75) is 31.2 Å². The van der Waals surface area contributed by atoms with E-state index in [1.165, 1.54) is 11.8 Å². The van der Waals surface area contributed by atoms with Gasteiger partial charge in [0.2, 0.25) is 5.91 Å². The van der Waals surface area contributed by atoms with Crippen LogP contribution in [0.3, 0.4) is 0 Å². The van der Waals surface area contributed by atoms with Gasteiger partial charge >= 0.3 is 6.03 Å². The van der Waals surface area contributed by atoms with Gasteiger partial charge < -0.3 is 5.73 Å². The van der Waals surface area contributed by atoms with Crippen molar-refractivity contribution in [2.75, 3.05) is 0 Å². The van der Waals surface area contributed by atoms with Crippen LogP contribution in [0.15, 0.2) is 47.9 Å². The molecule has 0 saturated carbocycles. The Kier molecular flexibility index (Phi) is 5.74. The molecule has 3 amide bonds. The molecule has 3 rings (SSSR count). The number of carbonyl (C=O) groups is 2. The molecule has 0 saturated heterocycles. The van der Waals surface area contributed by atoms with Gasteiger partial charge in [0.15, 0.2) is 11.0 Å².